The highest BCUT2D eigenvalue weighted by Gasteiger charge is 2.37. The molecule has 0 saturated carbocycles. The molecule has 7 nitrogen and oxygen atoms in total. The molecule has 1 aliphatic rings. The third-order valence-electron chi connectivity index (χ3n) is 5.34. The number of nitrogens with zero attached hydrogens (tertiary/aromatic N) is 2. The number of ether oxygens (including phenoxy) is 2. The van der Waals surface area contributed by atoms with E-state index in [1.807, 2.05) is 67.6 Å². The average molecular weight is 488 g/mol. The third kappa shape index (κ3) is 5.73. The lowest BCUT2D eigenvalue weighted by Gasteiger charge is -2.24. The highest BCUT2D eigenvalue weighted by atomic mass is 32.2. The summed E-state index contributed by atoms with van der Waals surface area (Å²) >= 11 is 1.33. The van der Waals surface area contributed by atoms with E-state index in [4.69, 9.17) is 20.2 Å². The fourth-order valence-corrected chi connectivity index (χ4v) is 4.66. The molecule has 0 bridgehead atoms. The Bertz CT molecular complexity index is 1280. The Morgan fingerprint density at radius 1 is 1.06 bits per heavy atom. The lowest BCUT2D eigenvalue weighted by molar-refractivity contribution is -0.123. The van der Waals surface area contributed by atoms with Crippen LogP contribution < -0.4 is 15.2 Å². The molecule has 35 heavy (non-hydrogen) atoms. The Balaban J connectivity index is 1.69. The summed E-state index contributed by atoms with van der Waals surface area (Å²) in [5, 5.41) is 0.608. The molecule has 0 aliphatic carbocycles. The maximum Gasteiger partial charge on any atom is 0.267 e. The summed E-state index contributed by atoms with van der Waals surface area (Å²) in [5.41, 5.74) is 7.70. The lowest BCUT2D eigenvalue weighted by atomic mass is 10.1. The second-order valence-corrected chi connectivity index (χ2v) is 8.78. The van der Waals surface area contributed by atoms with Crippen LogP contribution in [0.4, 0.5) is 5.69 Å². The monoisotopic (exact) mass is 487 g/mol. The van der Waals surface area contributed by atoms with Gasteiger partial charge in [0, 0.05) is 0 Å². The van der Waals surface area contributed by atoms with Crippen LogP contribution in [0.25, 0.3) is 6.08 Å². The number of carbonyl (C=O) groups is 2. The summed E-state index contributed by atoms with van der Waals surface area (Å²) in [6, 6.07) is 24.4. The number of thioether (sulfide) groups is 1. The topological polar surface area (TPSA) is 94.2 Å². The Morgan fingerprint density at radius 2 is 1.74 bits per heavy atom. The van der Waals surface area contributed by atoms with Gasteiger partial charge in [-0.25, -0.2) is 4.99 Å². The van der Waals surface area contributed by atoms with E-state index in [1.165, 1.54) is 18.9 Å². The maximum atomic E-state index is 13.6. The van der Waals surface area contributed by atoms with Gasteiger partial charge >= 0.3 is 0 Å². The van der Waals surface area contributed by atoms with E-state index in [9.17, 15) is 9.59 Å². The van der Waals surface area contributed by atoms with E-state index in [0.717, 1.165) is 16.8 Å². The summed E-state index contributed by atoms with van der Waals surface area (Å²) in [7, 11) is 1.51. The molecule has 3 aromatic carbocycles. The summed E-state index contributed by atoms with van der Waals surface area (Å²) < 4.78 is 10.8. The lowest BCUT2D eigenvalue weighted by Crippen LogP contribution is -2.32. The van der Waals surface area contributed by atoms with Crippen LogP contribution in [0.2, 0.25) is 0 Å². The summed E-state index contributed by atoms with van der Waals surface area (Å²) in [6.45, 7) is 1.74. The van der Waals surface area contributed by atoms with E-state index in [1.54, 1.807) is 29.2 Å². The van der Waals surface area contributed by atoms with Gasteiger partial charge in [-0.15, -0.1) is 0 Å². The molecule has 0 spiro atoms. The molecule has 8 heteroatoms. The Labute approximate surface area is 208 Å². The van der Waals surface area contributed by atoms with Gasteiger partial charge in [-0.3, -0.25) is 14.5 Å². The number of primary amides is 1. The number of hydrogen-bond donors (Lipinski definition) is 1. The summed E-state index contributed by atoms with van der Waals surface area (Å²) in [6.07, 6.45) is 1.80. The van der Waals surface area contributed by atoms with Crippen molar-refractivity contribution in [3.8, 4) is 11.5 Å². The molecule has 0 radical (unpaired) electrons. The molecular formula is C27H25N3O4S. The molecule has 0 aromatic heterocycles. The average Bonchev–Trinajstić information content (AvgIpc) is 3.17. The van der Waals surface area contributed by atoms with Gasteiger partial charge in [0.25, 0.3) is 11.8 Å². The molecule has 1 atom stereocenters. The van der Waals surface area contributed by atoms with Crippen LogP contribution in [-0.4, -0.2) is 35.6 Å². The van der Waals surface area contributed by atoms with Crippen molar-refractivity contribution in [3.05, 3.63) is 94.9 Å². The van der Waals surface area contributed by atoms with Gasteiger partial charge in [-0.05, 0) is 60.2 Å². The van der Waals surface area contributed by atoms with Gasteiger partial charge in [-0.2, -0.15) is 0 Å². The fraction of sp³-hybridized carbons (Fsp3) is 0.148. The number of amidine groups is 1. The van der Waals surface area contributed by atoms with Crippen LogP contribution in [-0.2, 0) is 9.59 Å². The molecule has 2 N–H and O–H groups in total. The number of para-hydroxylation sites is 1. The van der Waals surface area contributed by atoms with E-state index >= 15 is 0 Å². The number of methoxy groups -OCH3 is 1. The van der Waals surface area contributed by atoms with E-state index < -0.39 is 5.91 Å². The number of benzene rings is 3. The van der Waals surface area contributed by atoms with Gasteiger partial charge < -0.3 is 15.2 Å². The fourth-order valence-electron chi connectivity index (χ4n) is 3.59. The van der Waals surface area contributed by atoms with Crippen molar-refractivity contribution in [1.82, 2.24) is 4.90 Å². The highest BCUT2D eigenvalue weighted by Crippen LogP contribution is 2.40. The van der Waals surface area contributed by atoms with Crippen LogP contribution in [0.15, 0.2) is 88.8 Å². The van der Waals surface area contributed by atoms with Crippen molar-refractivity contribution in [2.24, 2.45) is 10.7 Å². The van der Waals surface area contributed by atoms with Crippen LogP contribution in [0, 0.1) is 0 Å². The Hall–Kier alpha value is -4.04. The standard InChI is InChI=1S/C27H25N3O4S/c1-18(20-9-5-3-6-10-20)30-26(32)24(35-27(30)29-21-11-7-4-8-12-21)16-19-13-14-22(23(15-19)33-2)34-17-25(28)31/h3-16,18H,17H2,1-2H3,(H2,28,31)/b24-16+,29-27?/t18-/m0/s1. The minimum atomic E-state index is -0.580. The molecule has 1 heterocycles. The SMILES string of the molecule is COc1cc(/C=C2/SC(=Nc3ccccc3)N([C@@H](C)c3ccccc3)C2=O)ccc1OCC(N)=O. The first-order valence-electron chi connectivity index (χ1n) is 11.0. The third-order valence-corrected chi connectivity index (χ3v) is 6.33. The van der Waals surface area contributed by atoms with Crippen molar-refractivity contribution in [3.63, 3.8) is 0 Å². The van der Waals surface area contributed by atoms with Crippen LogP contribution in [0.5, 0.6) is 11.5 Å². The van der Waals surface area contributed by atoms with Gasteiger partial charge in [0.05, 0.1) is 23.7 Å². The minimum Gasteiger partial charge on any atom is -0.493 e. The first-order valence-corrected chi connectivity index (χ1v) is 11.8. The van der Waals surface area contributed by atoms with E-state index in [0.29, 0.717) is 21.6 Å². The highest BCUT2D eigenvalue weighted by molar-refractivity contribution is 8.18. The first kappa shape index (κ1) is 24.1. The minimum absolute atomic E-state index is 0.131. The van der Waals surface area contributed by atoms with E-state index in [2.05, 4.69) is 0 Å². The first-order chi connectivity index (χ1) is 17.0. The number of carbonyl (C=O) groups excluding carboxylic acids is 2. The number of hydrogen-bond acceptors (Lipinski definition) is 6. The molecule has 1 saturated heterocycles. The molecule has 1 fully saturated rings. The summed E-state index contributed by atoms with van der Waals surface area (Å²) in [4.78, 5) is 31.7. The van der Waals surface area contributed by atoms with Crippen LogP contribution in [0.3, 0.4) is 0 Å². The van der Waals surface area contributed by atoms with E-state index in [-0.39, 0.29) is 18.6 Å². The van der Waals surface area contributed by atoms with Crippen molar-refractivity contribution in [2.75, 3.05) is 13.7 Å². The predicted octanol–water partition coefficient (Wildman–Crippen LogP) is 4.92. The normalized spacial score (nSPS) is 16.5. The van der Waals surface area contributed by atoms with Crippen molar-refractivity contribution in [2.45, 2.75) is 13.0 Å². The van der Waals surface area contributed by atoms with Gasteiger partial charge in [0.2, 0.25) is 0 Å². The van der Waals surface area contributed by atoms with Crippen LogP contribution in [0.1, 0.15) is 24.1 Å². The molecule has 178 valence electrons. The van der Waals surface area contributed by atoms with Crippen molar-refractivity contribution < 1.29 is 19.1 Å². The Morgan fingerprint density at radius 3 is 2.40 bits per heavy atom. The predicted molar refractivity (Wildman–Crippen MR) is 138 cm³/mol. The number of amides is 2. The van der Waals surface area contributed by atoms with Gasteiger partial charge in [-0.1, -0.05) is 54.6 Å². The Kier molecular flexibility index (Phi) is 7.52. The van der Waals surface area contributed by atoms with Crippen molar-refractivity contribution >= 4 is 40.5 Å². The van der Waals surface area contributed by atoms with Gasteiger partial charge in [0.15, 0.2) is 23.3 Å². The largest absolute Gasteiger partial charge is 0.493 e. The molecule has 1 aliphatic heterocycles. The molecule has 4 rings (SSSR count). The zero-order chi connectivity index (χ0) is 24.8. The zero-order valence-corrected chi connectivity index (χ0v) is 20.2. The number of rotatable bonds is 8. The smallest absolute Gasteiger partial charge is 0.267 e. The van der Waals surface area contributed by atoms with Crippen LogP contribution >= 0.6 is 11.8 Å². The molecule has 2 amide bonds. The zero-order valence-electron chi connectivity index (χ0n) is 19.4. The number of aliphatic imine (C=N–C) groups is 1. The maximum absolute atomic E-state index is 13.6. The van der Waals surface area contributed by atoms with Gasteiger partial charge in [0.1, 0.15) is 0 Å². The second kappa shape index (κ2) is 10.9. The second-order valence-electron chi connectivity index (χ2n) is 7.77. The van der Waals surface area contributed by atoms with Crippen molar-refractivity contribution in [1.29, 1.82) is 0 Å². The number of nitrogens with two attached hydrogens (primary N) is 1. The summed E-state index contributed by atoms with van der Waals surface area (Å²) in [5.74, 6) is 0.117. The quantitative estimate of drug-likeness (QED) is 0.455. The molecular weight excluding hydrogens is 462 g/mol. The molecule has 3 aromatic rings. The molecule has 0 unspecified atom stereocenters.